The molecule has 1 aromatic rings. The molecule has 1 aromatic carbocycles. The van der Waals surface area contributed by atoms with E-state index in [1.807, 2.05) is 4.90 Å². The Labute approximate surface area is 148 Å². The van der Waals surface area contributed by atoms with Gasteiger partial charge in [0.1, 0.15) is 6.29 Å². The molecule has 0 atom stereocenters. The molecule has 5 heteroatoms. The predicted molar refractivity (Wildman–Crippen MR) is 95.2 cm³/mol. The van der Waals surface area contributed by atoms with Gasteiger partial charge >= 0.3 is 0 Å². The molecule has 3 rings (SSSR count). The monoisotopic (exact) mass is 343 g/mol. The van der Waals surface area contributed by atoms with E-state index in [0.29, 0.717) is 36.6 Å². The second-order valence-electron chi connectivity index (χ2n) is 6.70. The van der Waals surface area contributed by atoms with Crippen LogP contribution >= 0.6 is 0 Å². The molecule has 1 amide bonds. The normalized spacial score (nSPS) is 18.4. The summed E-state index contributed by atoms with van der Waals surface area (Å²) in [6.07, 6.45) is 11.2. The lowest BCUT2D eigenvalue weighted by Gasteiger charge is -2.41. The number of hydrogen-bond acceptors (Lipinski definition) is 4. The van der Waals surface area contributed by atoms with Gasteiger partial charge in [-0.15, -0.1) is 0 Å². The molecule has 0 aromatic heterocycles. The highest BCUT2D eigenvalue weighted by Crippen LogP contribution is 2.38. The van der Waals surface area contributed by atoms with Gasteiger partial charge in [-0.3, -0.25) is 9.59 Å². The molecule has 0 radical (unpaired) electrons. The maximum absolute atomic E-state index is 12.7. The molecule has 25 heavy (non-hydrogen) atoms. The summed E-state index contributed by atoms with van der Waals surface area (Å²) in [5, 5.41) is 0. The molecular weight excluding hydrogens is 318 g/mol. The zero-order valence-corrected chi connectivity index (χ0v) is 14.7. The Bertz CT molecular complexity index is 662. The summed E-state index contributed by atoms with van der Waals surface area (Å²) in [5.74, 6) is 1.19. The number of aldehydes is 1. The summed E-state index contributed by atoms with van der Waals surface area (Å²) in [6.45, 7) is 0.998. The van der Waals surface area contributed by atoms with Crippen molar-refractivity contribution in [2.24, 2.45) is 0 Å². The summed E-state index contributed by atoms with van der Waals surface area (Å²) in [4.78, 5) is 25.5. The molecule has 1 heterocycles. The van der Waals surface area contributed by atoms with Crippen molar-refractivity contribution in [2.45, 2.75) is 44.1 Å². The topological polar surface area (TPSA) is 55.8 Å². The van der Waals surface area contributed by atoms with Crippen LogP contribution in [0.3, 0.4) is 0 Å². The maximum Gasteiger partial charge on any atom is 0.226 e. The van der Waals surface area contributed by atoms with Crippen LogP contribution in [0.1, 0.15) is 48.9 Å². The SMILES string of the molecule is COc1cc(C=O)ccc1OCCC(=O)N1CC=CC12CCCCC2. The zero-order valence-electron chi connectivity index (χ0n) is 14.7. The molecule has 1 saturated carbocycles. The summed E-state index contributed by atoms with van der Waals surface area (Å²) in [5.41, 5.74) is 0.473. The molecule has 1 aliphatic heterocycles. The number of ether oxygens (including phenoxy) is 2. The molecule has 0 N–H and O–H groups in total. The van der Waals surface area contributed by atoms with Crippen LogP contribution < -0.4 is 9.47 Å². The van der Waals surface area contributed by atoms with Gasteiger partial charge in [0, 0.05) is 12.1 Å². The fraction of sp³-hybridized carbons (Fsp3) is 0.500. The molecule has 2 aliphatic rings. The van der Waals surface area contributed by atoms with Crippen molar-refractivity contribution >= 4 is 12.2 Å². The molecule has 0 unspecified atom stereocenters. The lowest BCUT2D eigenvalue weighted by atomic mass is 9.81. The minimum atomic E-state index is -0.0569. The Morgan fingerprint density at radius 1 is 1.24 bits per heavy atom. The Kier molecular flexibility index (Phi) is 5.41. The van der Waals surface area contributed by atoms with Crippen LogP contribution in [-0.4, -0.2) is 42.9 Å². The Hall–Kier alpha value is -2.30. The molecule has 0 saturated heterocycles. The van der Waals surface area contributed by atoms with Gasteiger partial charge in [0.05, 0.1) is 25.7 Å². The van der Waals surface area contributed by atoms with Crippen LogP contribution in [0.15, 0.2) is 30.4 Å². The number of nitrogens with zero attached hydrogens (tertiary/aromatic N) is 1. The predicted octanol–water partition coefficient (Wildman–Crippen LogP) is 3.38. The molecule has 1 aliphatic carbocycles. The van der Waals surface area contributed by atoms with E-state index in [0.717, 1.165) is 19.1 Å². The summed E-state index contributed by atoms with van der Waals surface area (Å²) in [7, 11) is 1.53. The third-order valence-corrected chi connectivity index (χ3v) is 5.17. The quantitative estimate of drug-likeness (QED) is 0.587. The minimum absolute atomic E-state index is 0.0569. The number of methoxy groups -OCH3 is 1. The number of carbonyl (C=O) groups excluding carboxylic acids is 2. The first-order chi connectivity index (χ1) is 12.2. The molecule has 0 bridgehead atoms. The Balaban J connectivity index is 1.57. The lowest BCUT2D eigenvalue weighted by molar-refractivity contribution is -0.136. The minimum Gasteiger partial charge on any atom is -0.493 e. The van der Waals surface area contributed by atoms with E-state index < -0.39 is 0 Å². The van der Waals surface area contributed by atoms with Gasteiger partial charge in [-0.25, -0.2) is 0 Å². The van der Waals surface area contributed by atoms with Gasteiger partial charge in [0.15, 0.2) is 11.5 Å². The van der Waals surface area contributed by atoms with Gasteiger partial charge in [-0.1, -0.05) is 31.4 Å². The smallest absolute Gasteiger partial charge is 0.226 e. The number of benzene rings is 1. The van der Waals surface area contributed by atoms with Crippen molar-refractivity contribution in [3.63, 3.8) is 0 Å². The second kappa shape index (κ2) is 7.72. The summed E-state index contributed by atoms with van der Waals surface area (Å²) in [6, 6.07) is 5.01. The van der Waals surface area contributed by atoms with E-state index in [9.17, 15) is 9.59 Å². The van der Waals surface area contributed by atoms with Crippen molar-refractivity contribution in [3.05, 3.63) is 35.9 Å². The van der Waals surface area contributed by atoms with E-state index in [2.05, 4.69) is 12.2 Å². The first kappa shape index (κ1) is 17.5. The van der Waals surface area contributed by atoms with E-state index in [1.54, 1.807) is 18.2 Å². The second-order valence-corrected chi connectivity index (χ2v) is 6.70. The first-order valence-corrected chi connectivity index (χ1v) is 8.93. The Morgan fingerprint density at radius 3 is 2.76 bits per heavy atom. The van der Waals surface area contributed by atoms with Gasteiger partial charge in [-0.05, 0) is 31.0 Å². The Morgan fingerprint density at radius 2 is 2.04 bits per heavy atom. The number of hydrogen-bond donors (Lipinski definition) is 0. The first-order valence-electron chi connectivity index (χ1n) is 8.93. The summed E-state index contributed by atoms with van der Waals surface area (Å²) < 4.78 is 11.0. The van der Waals surface area contributed by atoms with Crippen LogP contribution in [-0.2, 0) is 4.79 Å². The lowest BCUT2D eigenvalue weighted by Crippen LogP contribution is -2.49. The molecular formula is C20H25NO4. The number of amides is 1. The maximum atomic E-state index is 12.7. The van der Waals surface area contributed by atoms with Crippen molar-refractivity contribution in [1.29, 1.82) is 0 Å². The van der Waals surface area contributed by atoms with Crippen molar-refractivity contribution < 1.29 is 19.1 Å². The van der Waals surface area contributed by atoms with E-state index in [4.69, 9.17) is 9.47 Å². The van der Waals surface area contributed by atoms with Crippen LogP contribution in [0.25, 0.3) is 0 Å². The van der Waals surface area contributed by atoms with Gasteiger partial charge in [0.25, 0.3) is 0 Å². The van der Waals surface area contributed by atoms with Crippen LogP contribution in [0.5, 0.6) is 11.5 Å². The van der Waals surface area contributed by atoms with Gasteiger partial charge in [-0.2, -0.15) is 0 Å². The average Bonchev–Trinajstić information content (AvgIpc) is 3.05. The van der Waals surface area contributed by atoms with Gasteiger partial charge in [0.2, 0.25) is 5.91 Å². The highest BCUT2D eigenvalue weighted by atomic mass is 16.5. The highest BCUT2D eigenvalue weighted by molar-refractivity contribution is 5.78. The number of rotatable bonds is 6. The molecule has 5 nitrogen and oxygen atoms in total. The van der Waals surface area contributed by atoms with E-state index in [-0.39, 0.29) is 11.4 Å². The van der Waals surface area contributed by atoms with Crippen LogP contribution in [0, 0.1) is 0 Å². The van der Waals surface area contributed by atoms with Crippen molar-refractivity contribution in [1.82, 2.24) is 4.90 Å². The largest absolute Gasteiger partial charge is 0.493 e. The van der Waals surface area contributed by atoms with Gasteiger partial charge < -0.3 is 14.4 Å². The van der Waals surface area contributed by atoms with E-state index >= 15 is 0 Å². The fourth-order valence-corrected chi connectivity index (χ4v) is 3.86. The zero-order chi connectivity index (χ0) is 17.7. The van der Waals surface area contributed by atoms with Crippen LogP contribution in [0.4, 0.5) is 0 Å². The van der Waals surface area contributed by atoms with Crippen LogP contribution in [0.2, 0.25) is 0 Å². The highest BCUT2D eigenvalue weighted by Gasteiger charge is 2.40. The third-order valence-electron chi connectivity index (χ3n) is 5.17. The standard InChI is InChI=1S/C20H25NO4/c1-24-18-14-16(15-22)6-7-17(18)25-13-8-19(23)21-12-5-11-20(21)9-3-2-4-10-20/h5-7,11,14-15H,2-4,8-10,12-13H2,1H3. The van der Waals surface area contributed by atoms with E-state index in [1.165, 1.54) is 26.4 Å². The van der Waals surface area contributed by atoms with Crippen molar-refractivity contribution in [3.8, 4) is 11.5 Å². The summed E-state index contributed by atoms with van der Waals surface area (Å²) >= 11 is 0. The molecule has 134 valence electrons. The average molecular weight is 343 g/mol. The third kappa shape index (κ3) is 3.70. The molecule has 1 spiro atoms. The number of carbonyl (C=O) groups is 2. The molecule has 1 fully saturated rings. The van der Waals surface area contributed by atoms with Crippen molar-refractivity contribution in [2.75, 3.05) is 20.3 Å². The fourth-order valence-electron chi connectivity index (χ4n) is 3.86.